The predicted octanol–water partition coefficient (Wildman–Crippen LogP) is 2.23. The largest absolute Gasteiger partial charge is 0.464 e. The summed E-state index contributed by atoms with van der Waals surface area (Å²) in [6.45, 7) is 2.13. The summed E-state index contributed by atoms with van der Waals surface area (Å²) < 4.78 is 7.18. The molecule has 150 valence electrons. The zero-order valence-corrected chi connectivity index (χ0v) is 16.2. The van der Waals surface area contributed by atoms with E-state index in [1.165, 1.54) is 0 Å². The summed E-state index contributed by atoms with van der Waals surface area (Å²) >= 11 is 0. The van der Waals surface area contributed by atoms with Crippen LogP contribution in [0.25, 0.3) is 6.08 Å². The Bertz CT molecular complexity index is 933. The average molecular weight is 392 g/mol. The van der Waals surface area contributed by atoms with Gasteiger partial charge in [-0.15, -0.1) is 0 Å². The zero-order chi connectivity index (χ0) is 20.1. The van der Waals surface area contributed by atoms with E-state index >= 15 is 0 Å². The van der Waals surface area contributed by atoms with Crippen molar-refractivity contribution in [3.8, 4) is 5.75 Å². The minimum atomic E-state index is -0.0692. The van der Waals surface area contributed by atoms with Gasteiger partial charge in [-0.2, -0.15) is 5.10 Å². The molecule has 1 saturated heterocycles. The van der Waals surface area contributed by atoms with Crippen LogP contribution in [0.2, 0.25) is 0 Å². The molecule has 1 aromatic heterocycles. The number of nitrogens with one attached hydrogen (secondary N) is 1. The van der Waals surface area contributed by atoms with E-state index in [2.05, 4.69) is 10.4 Å². The number of fused-ring (bicyclic) bond motifs is 1. The summed E-state index contributed by atoms with van der Waals surface area (Å²) in [6, 6.07) is 9.44. The molecule has 2 aromatic rings. The first kappa shape index (κ1) is 19.0. The highest BCUT2D eigenvalue weighted by atomic mass is 16.5. The molecule has 29 heavy (non-hydrogen) atoms. The maximum absolute atomic E-state index is 13.1. The number of carbonyl (C=O) groups excluding carboxylic acids is 2. The molecule has 2 amide bonds. The van der Waals surface area contributed by atoms with Gasteiger partial charge in [0.25, 0.3) is 5.91 Å². The fourth-order valence-electron chi connectivity index (χ4n) is 3.69. The summed E-state index contributed by atoms with van der Waals surface area (Å²) in [7, 11) is 0. The van der Waals surface area contributed by atoms with Crippen LogP contribution >= 0.6 is 0 Å². The monoisotopic (exact) mass is 392 g/mol. The molecular weight excluding hydrogens is 368 g/mol. The van der Waals surface area contributed by atoms with Crippen LogP contribution in [0, 0.1) is 5.92 Å². The molecular formula is C22H24N4O3. The van der Waals surface area contributed by atoms with E-state index in [0.717, 1.165) is 30.7 Å². The maximum atomic E-state index is 13.1. The van der Waals surface area contributed by atoms with Gasteiger partial charge >= 0.3 is 0 Å². The third-order valence-corrected chi connectivity index (χ3v) is 5.18. The molecule has 1 N–H and O–H groups in total. The number of aromatic nitrogens is 2. The molecule has 7 nitrogen and oxygen atoms in total. The van der Waals surface area contributed by atoms with Crippen molar-refractivity contribution in [2.75, 3.05) is 19.6 Å². The lowest BCUT2D eigenvalue weighted by molar-refractivity contribution is -0.128. The van der Waals surface area contributed by atoms with E-state index in [1.54, 1.807) is 35.5 Å². The molecule has 1 atom stereocenters. The fourth-order valence-corrected chi connectivity index (χ4v) is 3.69. The molecule has 0 aliphatic carbocycles. The van der Waals surface area contributed by atoms with Crippen molar-refractivity contribution in [1.82, 2.24) is 20.0 Å². The number of rotatable bonds is 5. The van der Waals surface area contributed by atoms with Crippen molar-refractivity contribution in [2.45, 2.75) is 19.4 Å². The second kappa shape index (κ2) is 8.77. The second-order valence-corrected chi connectivity index (χ2v) is 7.33. The quantitative estimate of drug-likeness (QED) is 0.847. The summed E-state index contributed by atoms with van der Waals surface area (Å²) in [4.78, 5) is 27.0. The normalized spacial score (nSPS) is 18.3. The first-order valence-electron chi connectivity index (χ1n) is 9.86. The van der Waals surface area contributed by atoms with E-state index in [1.807, 2.05) is 35.2 Å². The van der Waals surface area contributed by atoms with Crippen molar-refractivity contribution in [3.63, 3.8) is 0 Å². The smallest absolute Gasteiger partial charge is 0.253 e. The number of amides is 2. The molecule has 1 fully saturated rings. The van der Waals surface area contributed by atoms with Gasteiger partial charge < -0.3 is 15.0 Å². The van der Waals surface area contributed by atoms with Crippen molar-refractivity contribution in [3.05, 3.63) is 66.2 Å². The Hall–Kier alpha value is -3.35. The first-order chi connectivity index (χ1) is 14.2. The molecule has 1 aromatic carbocycles. The Morgan fingerprint density at radius 3 is 3.00 bits per heavy atom. The standard InChI is InChI=1S/C22H24N4O3/c27-21(16-26-11-4-9-24-26)23-14-17-5-3-10-25(15-17)22(28)19-8-12-29-20-7-2-1-6-18(20)13-19/h1-2,4,6-9,11-13,17H,3,5,10,14-16H2,(H,23,27). The van der Waals surface area contributed by atoms with Gasteiger partial charge in [0.2, 0.25) is 5.91 Å². The third-order valence-electron chi connectivity index (χ3n) is 5.18. The molecule has 7 heteroatoms. The lowest BCUT2D eigenvalue weighted by Gasteiger charge is -2.33. The Morgan fingerprint density at radius 2 is 2.14 bits per heavy atom. The predicted molar refractivity (Wildman–Crippen MR) is 109 cm³/mol. The van der Waals surface area contributed by atoms with Gasteiger partial charge in [0.15, 0.2) is 0 Å². The Morgan fingerprint density at radius 1 is 1.24 bits per heavy atom. The van der Waals surface area contributed by atoms with Crippen molar-refractivity contribution < 1.29 is 14.3 Å². The van der Waals surface area contributed by atoms with Gasteiger partial charge in [0, 0.05) is 43.2 Å². The summed E-state index contributed by atoms with van der Waals surface area (Å²) in [5.74, 6) is 0.908. The van der Waals surface area contributed by atoms with Crippen LogP contribution in [0.3, 0.4) is 0 Å². The van der Waals surface area contributed by atoms with Gasteiger partial charge in [-0.1, -0.05) is 18.2 Å². The molecule has 3 heterocycles. The minimum absolute atomic E-state index is 0.00544. The van der Waals surface area contributed by atoms with E-state index in [0.29, 0.717) is 18.7 Å². The highest BCUT2D eigenvalue weighted by molar-refractivity contribution is 6.01. The number of hydrogen-bond acceptors (Lipinski definition) is 4. The molecule has 1 unspecified atom stereocenters. The summed E-state index contributed by atoms with van der Waals surface area (Å²) in [5.41, 5.74) is 1.50. The van der Waals surface area contributed by atoms with Gasteiger partial charge in [-0.3, -0.25) is 14.3 Å². The van der Waals surface area contributed by atoms with Gasteiger partial charge in [-0.05, 0) is 43.0 Å². The minimum Gasteiger partial charge on any atom is -0.464 e. The average Bonchev–Trinajstić information content (AvgIpc) is 3.15. The number of para-hydroxylation sites is 1. The van der Waals surface area contributed by atoms with Crippen LogP contribution in [0.4, 0.5) is 0 Å². The van der Waals surface area contributed by atoms with Gasteiger partial charge in [0.05, 0.1) is 6.26 Å². The zero-order valence-electron chi connectivity index (χ0n) is 16.2. The number of likely N-dealkylation sites (tertiary alicyclic amines) is 1. The van der Waals surface area contributed by atoms with Crippen LogP contribution in [0.5, 0.6) is 5.75 Å². The van der Waals surface area contributed by atoms with Crippen molar-refractivity contribution >= 4 is 17.9 Å². The highest BCUT2D eigenvalue weighted by Gasteiger charge is 2.26. The van der Waals surface area contributed by atoms with Crippen LogP contribution in [0.15, 0.2) is 60.6 Å². The van der Waals surface area contributed by atoms with Gasteiger partial charge in [0.1, 0.15) is 12.3 Å². The second-order valence-electron chi connectivity index (χ2n) is 7.33. The lowest BCUT2D eigenvalue weighted by Crippen LogP contribution is -2.44. The number of piperidine rings is 1. The molecule has 0 bridgehead atoms. The third kappa shape index (κ3) is 4.74. The number of ether oxygens (including phenoxy) is 1. The Balaban J connectivity index is 1.35. The molecule has 0 saturated carbocycles. The van der Waals surface area contributed by atoms with Crippen LogP contribution in [-0.4, -0.2) is 46.1 Å². The summed E-state index contributed by atoms with van der Waals surface area (Å²) in [5, 5.41) is 7.01. The van der Waals surface area contributed by atoms with E-state index in [9.17, 15) is 9.59 Å². The Kier molecular flexibility index (Phi) is 5.74. The van der Waals surface area contributed by atoms with Crippen LogP contribution in [0.1, 0.15) is 18.4 Å². The van der Waals surface area contributed by atoms with E-state index in [4.69, 9.17) is 4.74 Å². The molecule has 0 radical (unpaired) electrons. The van der Waals surface area contributed by atoms with Crippen molar-refractivity contribution in [1.29, 1.82) is 0 Å². The molecule has 4 rings (SSSR count). The maximum Gasteiger partial charge on any atom is 0.253 e. The van der Waals surface area contributed by atoms with Crippen molar-refractivity contribution in [2.24, 2.45) is 5.92 Å². The first-order valence-corrected chi connectivity index (χ1v) is 9.86. The van der Waals surface area contributed by atoms with Crippen LogP contribution in [-0.2, 0) is 16.1 Å². The Labute approximate surface area is 169 Å². The van der Waals surface area contributed by atoms with Gasteiger partial charge in [-0.25, -0.2) is 0 Å². The van der Waals surface area contributed by atoms with Crippen LogP contribution < -0.4 is 10.1 Å². The molecule has 2 aliphatic rings. The number of hydrogen-bond donors (Lipinski definition) is 1. The lowest BCUT2D eigenvalue weighted by atomic mass is 9.97. The SMILES string of the molecule is O=C(Cn1cccn1)NCC1CCCN(C(=O)C2=Cc3ccccc3OC=C2)C1. The van der Waals surface area contributed by atoms with E-state index in [-0.39, 0.29) is 24.3 Å². The number of carbonyl (C=O) groups is 2. The topological polar surface area (TPSA) is 76.5 Å². The molecule has 0 spiro atoms. The summed E-state index contributed by atoms with van der Waals surface area (Å²) in [6.07, 6.45) is 10.5. The fraction of sp³-hybridized carbons (Fsp3) is 0.318. The highest BCUT2D eigenvalue weighted by Crippen LogP contribution is 2.26. The number of nitrogens with zero attached hydrogens (tertiary/aromatic N) is 3. The molecule has 2 aliphatic heterocycles. The number of benzene rings is 1. The van der Waals surface area contributed by atoms with E-state index < -0.39 is 0 Å².